The molecule has 0 aliphatic carbocycles. The van der Waals surface area contributed by atoms with Crippen LogP contribution in [0.4, 0.5) is 0 Å². The van der Waals surface area contributed by atoms with Crippen LogP contribution in [-0.2, 0) is 52.3 Å². The van der Waals surface area contributed by atoms with Gasteiger partial charge in [-0.15, -0.1) is 0 Å². The van der Waals surface area contributed by atoms with E-state index in [2.05, 4.69) is 4.72 Å². The van der Waals surface area contributed by atoms with Crippen LogP contribution in [0.15, 0.2) is 113 Å². The van der Waals surface area contributed by atoms with Crippen molar-refractivity contribution in [3.05, 3.63) is 130 Å². The van der Waals surface area contributed by atoms with Crippen molar-refractivity contribution in [1.82, 2.24) is 9.44 Å². The van der Waals surface area contributed by atoms with Crippen LogP contribution < -0.4 is 9.44 Å². The van der Waals surface area contributed by atoms with Gasteiger partial charge in [0.25, 0.3) is 0 Å². The number of carboxylic acids is 2. The van der Waals surface area contributed by atoms with Gasteiger partial charge in [0.1, 0.15) is 0 Å². The topological polar surface area (TPSA) is 185 Å². The minimum atomic E-state index is -4.74. The summed E-state index contributed by atoms with van der Waals surface area (Å²) in [5.41, 5.74) is -3.63. The molecular formula is C34H35ClN2O10S2. The molecule has 2 atom stereocenters. The molecule has 260 valence electrons. The molecule has 2 unspecified atom stereocenters. The summed E-state index contributed by atoms with van der Waals surface area (Å²) in [6.45, 7) is 1.65. The van der Waals surface area contributed by atoms with Gasteiger partial charge in [0.2, 0.25) is 25.8 Å². The largest absolute Gasteiger partial charge is 0.480 e. The number of rotatable bonds is 17. The second-order valence-corrected chi connectivity index (χ2v) is 15.2. The van der Waals surface area contributed by atoms with E-state index in [0.717, 1.165) is 11.1 Å². The van der Waals surface area contributed by atoms with Gasteiger partial charge >= 0.3 is 11.9 Å². The first-order chi connectivity index (χ1) is 23.1. The van der Waals surface area contributed by atoms with Crippen molar-refractivity contribution < 1.29 is 46.1 Å². The van der Waals surface area contributed by atoms with E-state index in [1.807, 2.05) is 4.72 Å². The highest BCUT2D eigenvalue weighted by atomic mass is 35.5. The highest BCUT2D eigenvalue weighted by Gasteiger charge is 2.56. The molecule has 0 heterocycles. The third-order valence-corrected chi connectivity index (χ3v) is 10.9. The molecule has 12 nitrogen and oxygen atoms in total. The van der Waals surface area contributed by atoms with Crippen LogP contribution in [0.5, 0.6) is 0 Å². The predicted octanol–water partition coefficient (Wildman–Crippen LogP) is 4.64. The Morgan fingerprint density at radius 1 is 0.694 bits per heavy atom. The summed E-state index contributed by atoms with van der Waals surface area (Å²) in [6, 6.07) is 25.5. The number of carboxylic acid groups (broad SMARTS) is 2. The van der Waals surface area contributed by atoms with E-state index < -0.39 is 62.9 Å². The van der Waals surface area contributed by atoms with E-state index in [-0.39, 0.29) is 21.4 Å². The lowest BCUT2D eigenvalue weighted by Gasteiger charge is -2.38. The van der Waals surface area contributed by atoms with Crippen molar-refractivity contribution in [3.63, 3.8) is 0 Å². The van der Waals surface area contributed by atoms with E-state index in [0.29, 0.717) is 11.1 Å². The molecule has 4 aromatic rings. The van der Waals surface area contributed by atoms with Crippen LogP contribution >= 0.6 is 11.6 Å². The normalized spacial score (nSPS) is 14.4. The minimum Gasteiger partial charge on any atom is -0.480 e. The van der Waals surface area contributed by atoms with Gasteiger partial charge in [0.05, 0.1) is 29.6 Å². The zero-order valence-electron chi connectivity index (χ0n) is 26.5. The van der Waals surface area contributed by atoms with Crippen LogP contribution in [0.2, 0.25) is 5.02 Å². The average molecular weight is 731 g/mol. The van der Waals surface area contributed by atoms with Crippen LogP contribution in [0.1, 0.15) is 28.7 Å². The number of aryl methyl sites for hydroxylation is 2. The van der Waals surface area contributed by atoms with E-state index >= 15 is 0 Å². The lowest BCUT2D eigenvalue weighted by Crippen LogP contribution is -2.67. The standard InChI is InChI=1S/C34H35ClN2O10S2/c1-24-12-16-28(17-13-24)48(42,43)36-33(31(38)39,23-46-21-27-10-6-7-11-30(27)35)22-34(32(40)41,47-20-26-8-4-3-5-9-26)37-49(44,45)29-18-14-25(2)15-19-29/h3-19,36-37H,20-23H2,1-2H3,(H,38,39)(H,40,41). The summed E-state index contributed by atoms with van der Waals surface area (Å²) >= 11 is 6.24. The van der Waals surface area contributed by atoms with Crippen LogP contribution in [-0.4, -0.2) is 56.9 Å². The average Bonchev–Trinajstić information content (AvgIpc) is 3.05. The van der Waals surface area contributed by atoms with Gasteiger partial charge in [-0.3, -0.25) is 4.79 Å². The van der Waals surface area contributed by atoms with Crippen LogP contribution in [0.3, 0.4) is 0 Å². The number of benzene rings is 4. The van der Waals surface area contributed by atoms with Gasteiger partial charge in [-0.25, -0.2) is 21.6 Å². The molecule has 4 N–H and O–H groups in total. The SMILES string of the molecule is Cc1ccc(S(=O)(=O)NC(COCc2ccccc2Cl)(CC(NS(=O)(=O)c2ccc(C)cc2)(OCc2ccccc2)C(=O)O)C(=O)O)cc1. The van der Waals surface area contributed by atoms with Gasteiger partial charge in [0, 0.05) is 11.4 Å². The number of carbonyl (C=O) groups is 2. The van der Waals surface area contributed by atoms with Crippen molar-refractivity contribution in [2.24, 2.45) is 0 Å². The number of aliphatic carboxylic acids is 2. The molecule has 15 heteroatoms. The number of halogens is 1. The minimum absolute atomic E-state index is 0.278. The molecule has 0 bridgehead atoms. The van der Waals surface area contributed by atoms with Crippen molar-refractivity contribution in [1.29, 1.82) is 0 Å². The Balaban J connectivity index is 1.85. The lowest BCUT2D eigenvalue weighted by atomic mass is 9.90. The fourth-order valence-corrected chi connectivity index (χ4v) is 7.58. The van der Waals surface area contributed by atoms with Crippen molar-refractivity contribution in [2.75, 3.05) is 6.61 Å². The lowest BCUT2D eigenvalue weighted by molar-refractivity contribution is -0.178. The molecule has 4 aromatic carbocycles. The number of sulfonamides is 2. The monoisotopic (exact) mass is 730 g/mol. The number of nitrogens with one attached hydrogen (secondary N) is 2. The van der Waals surface area contributed by atoms with E-state index in [9.17, 15) is 36.6 Å². The molecule has 0 saturated carbocycles. The Morgan fingerprint density at radius 2 is 1.20 bits per heavy atom. The molecule has 0 fully saturated rings. The Hall–Kier alpha value is -4.15. The van der Waals surface area contributed by atoms with Crippen molar-refractivity contribution in [3.8, 4) is 0 Å². The zero-order chi connectivity index (χ0) is 35.9. The van der Waals surface area contributed by atoms with Gasteiger partial charge < -0.3 is 19.7 Å². The smallest absolute Gasteiger partial charge is 0.352 e. The summed E-state index contributed by atoms with van der Waals surface area (Å²) in [5.74, 6) is -3.81. The van der Waals surface area contributed by atoms with E-state index in [4.69, 9.17) is 21.1 Å². The Labute approximate surface area is 289 Å². The maximum atomic E-state index is 13.7. The third kappa shape index (κ3) is 9.51. The fourth-order valence-electron chi connectivity index (χ4n) is 4.78. The predicted molar refractivity (Wildman–Crippen MR) is 181 cm³/mol. The van der Waals surface area contributed by atoms with E-state index in [1.54, 1.807) is 68.4 Å². The molecule has 49 heavy (non-hydrogen) atoms. The Bertz CT molecular complexity index is 1990. The second kappa shape index (κ2) is 15.6. The summed E-state index contributed by atoms with van der Waals surface area (Å²) < 4.78 is 70.6. The van der Waals surface area contributed by atoms with E-state index in [1.165, 1.54) is 48.5 Å². The summed E-state index contributed by atoms with van der Waals surface area (Å²) in [5, 5.41) is 21.7. The van der Waals surface area contributed by atoms with Crippen molar-refractivity contribution >= 4 is 43.6 Å². The van der Waals surface area contributed by atoms with Gasteiger partial charge in [-0.2, -0.15) is 9.44 Å². The van der Waals surface area contributed by atoms with Gasteiger partial charge in [-0.05, 0) is 55.3 Å². The van der Waals surface area contributed by atoms with Crippen molar-refractivity contribution in [2.45, 2.75) is 54.5 Å². The molecule has 0 radical (unpaired) electrons. The first kappa shape index (κ1) is 37.7. The Morgan fingerprint density at radius 3 is 1.71 bits per heavy atom. The quantitative estimate of drug-likeness (QED) is 0.112. The highest BCUT2D eigenvalue weighted by molar-refractivity contribution is 7.90. The second-order valence-electron chi connectivity index (χ2n) is 11.4. The summed E-state index contributed by atoms with van der Waals surface area (Å²) in [4.78, 5) is 25.8. The molecule has 4 rings (SSSR count). The molecular weight excluding hydrogens is 696 g/mol. The van der Waals surface area contributed by atoms with Crippen LogP contribution in [0, 0.1) is 13.8 Å². The number of hydrogen-bond donors (Lipinski definition) is 4. The molecule has 0 spiro atoms. The molecule has 0 saturated heterocycles. The molecule has 0 aliphatic rings. The first-order valence-corrected chi connectivity index (χ1v) is 18.1. The number of ether oxygens (including phenoxy) is 2. The first-order valence-electron chi connectivity index (χ1n) is 14.7. The summed E-state index contributed by atoms with van der Waals surface area (Å²) in [7, 11) is -9.45. The maximum absolute atomic E-state index is 13.7. The van der Waals surface area contributed by atoms with Crippen LogP contribution in [0.25, 0.3) is 0 Å². The molecule has 0 amide bonds. The maximum Gasteiger partial charge on any atom is 0.352 e. The molecule has 0 aromatic heterocycles. The Kier molecular flexibility index (Phi) is 12.0. The fraction of sp³-hybridized carbons (Fsp3) is 0.235. The highest BCUT2D eigenvalue weighted by Crippen LogP contribution is 2.30. The summed E-state index contributed by atoms with van der Waals surface area (Å²) in [6.07, 6.45) is -1.31. The zero-order valence-corrected chi connectivity index (χ0v) is 28.9. The van der Waals surface area contributed by atoms with Gasteiger partial charge in [0.15, 0.2) is 5.54 Å². The number of hydrogen-bond acceptors (Lipinski definition) is 8. The third-order valence-electron chi connectivity index (χ3n) is 7.49. The molecule has 0 aliphatic heterocycles. The van der Waals surface area contributed by atoms with Gasteiger partial charge in [-0.1, -0.05) is 95.5 Å².